The van der Waals surface area contributed by atoms with Crippen molar-refractivity contribution >= 4 is 0 Å². The molecule has 1 aliphatic heterocycles. The van der Waals surface area contributed by atoms with Crippen molar-refractivity contribution in [2.24, 2.45) is 0 Å². The molecule has 1 atom stereocenters. The van der Waals surface area contributed by atoms with E-state index in [9.17, 15) is 0 Å². The number of allylic oxidation sites excluding steroid dienone is 3. The molecule has 2 heteroatoms. The quantitative estimate of drug-likeness (QED) is 0.759. The monoisotopic (exact) mass is 269 g/mol. The molecular weight excluding hydrogens is 246 g/mol. The van der Waals surface area contributed by atoms with Crippen LogP contribution in [0.25, 0.3) is 0 Å². The van der Waals surface area contributed by atoms with E-state index in [0.717, 1.165) is 39.1 Å². The maximum atomic E-state index is 5.43. The molecule has 1 unspecified atom stereocenters. The standard InChI is InChI=1S/C18H23NO/c1-15-7-8-17(14-19-9-11-20-12-10-19)18(13-15)16-5-3-2-4-6-16/h2-7,14,18H,8-13H2,1H3/b17-14+. The van der Waals surface area contributed by atoms with Gasteiger partial charge in [-0.1, -0.05) is 42.0 Å². The van der Waals surface area contributed by atoms with E-state index in [1.807, 2.05) is 0 Å². The normalized spacial score (nSPS) is 25.6. The minimum Gasteiger partial charge on any atom is -0.378 e. The van der Waals surface area contributed by atoms with Crippen LogP contribution in [0.2, 0.25) is 0 Å². The van der Waals surface area contributed by atoms with Gasteiger partial charge in [0, 0.05) is 19.0 Å². The maximum absolute atomic E-state index is 5.43. The second-order valence-electron chi connectivity index (χ2n) is 5.77. The average Bonchev–Trinajstić information content (AvgIpc) is 2.51. The summed E-state index contributed by atoms with van der Waals surface area (Å²) in [7, 11) is 0. The second kappa shape index (κ2) is 6.27. The molecule has 1 saturated heterocycles. The molecule has 0 N–H and O–H groups in total. The number of benzene rings is 1. The van der Waals surface area contributed by atoms with Gasteiger partial charge in [0.2, 0.25) is 0 Å². The van der Waals surface area contributed by atoms with Gasteiger partial charge < -0.3 is 9.64 Å². The molecule has 0 radical (unpaired) electrons. The van der Waals surface area contributed by atoms with Crippen molar-refractivity contribution in [1.82, 2.24) is 4.90 Å². The first-order chi connectivity index (χ1) is 9.83. The molecule has 3 rings (SSSR count). The van der Waals surface area contributed by atoms with E-state index in [-0.39, 0.29) is 0 Å². The zero-order valence-electron chi connectivity index (χ0n) is 12.2. The fraction of sp³-hybridized carbons (Fsp3) is 0.444. The Morgan fingerprint density at radius 2 is 1.90 bits per heavy atom. The van der Waals surface area contributed by atoms with Gasteiger partial charge in [0.25, 0.3) is 0 Å². The molecule has 0 aromatic heterocycles. The average molecular weight is 269 g/mol. The first kappa shape index (κ1) is 13.4. The lowest BCUT2D eigenvalue weighted by Gasteiger charge is -2.30. The molecule has 0 amide bonds. The molecule has 0 saturated carbocycles. The number of morpholine rings is 1. The van der Waals surface area contributed by atoms with Crippen LogP contribution in [0.15, 0.2) is 53.8 Å². The van der Waals surface area contributed by atoms with Crippen LogP contribution in [0.1, 0.15) is 31.2 Å². The molecule has 20 heavy (non-hydrogen) atoms. The molecular formula is C18H23NO. The van der Waals surface area contributed by atoms with Gasteiger partial charge >= 0.3 is 0 Å². The first-order valence-electron chi connectivity index (χ1n) is 7.56. The molecule has 1 fully saturated rings. The largest absolute Gasteiger partial charge is 0.378 e. The van der Waals surface area contributed by atoms with Crippen molar-refractivity contribution in [1.29, 1.82) is 0 Å². The summed E-state index contributed by atoms with van der Waals surface area (Å²) in [5, 5.41) is 0. The Bertz CT molecular complexity index is 497. The molecule has 1 aromatic carbocycles. The van der Waals surface area contributed by atoms with E-state index >= 15 is 0 Å². The van der Waals surface area contributed by atoms with Crippen molar-refractivity contribution in [3.63, 3.8) is 0 Å². The molecule has 0 spiro atoms. The lowest BCUT2D eigenvalue weighted by atomic mass is 9.80. The van der Waals surface area contributed by atoms with Gasteiger partial charge in [-0.3, -0.25) is 0 Å². The smallest absolute Gasteiger partial charge is 0.0642 e. The predicted octanol–water partition coefficient (Wildman–Crippen LogP) is 3.73. The fourth-order valence-corrected chi connectivity index (χ4v) is 3.07. The van der Waals surface area contributed by atoms with Crippen LogP contribution < -0.4 is 0 Å². The minimum atomic E-state index is 0.545. The van der Waals surface area contributed by atoms with Gasteiger partial charge in [0.05, 0.1) is 13.2 Å². The summed E-state index contributed by atoms with van der Waals surface area (Å²) in [4.78, 5) is 2.42. The van der Waals surface area contributed by atoms with Crippen LogP contribution >= 0.6 is 0 Å². The summed E-state index contributed by atoms with van der Waals surface area (Å²) in [6.07, 6.45) is 7.01. The van der Waals surface area contributed by atoms with Gasteiger partial charge in [-0.15, -0.1) is 0 Å². The first-order valence-corrected chi connectivity index (χ1v) is 7.56. The van der Waals surface area contributed by atoms with Gasteiger partial charge in [-0.25, -0.2) is 0 Å². The van der Waals surface area contributed by atoms with E-state index in [0.29, 0.717) is 5.92 Å². The summed E-state index contributed by atoms with van der Waals surface area (Å²) in [6.45, 7) is 6.01. The predicted molar refractivity (Wildman–Crippen MR) is 82.6 cm³/mol. The Labute approximate surface area is 121 Å². The minimum absolute atomic E-state index is 0.545. The van der Waals surface area contributed by atoms with Crippen LogP contribution in [0.5, 0.6) is 0 Å². The number of rotatable bonds is 2. The highest BCUT2D eigenvalue weighted by atomic mass is 16.5. The zero-order valence-corrected chi connectivity index (χ0v) is 12.2. The zero-order chi connectivity index (χ0) is 13.8. The van der Waals surface area contributed by atoms with Crippen molar-refractivity contribution in [3.8, 4) is 0 Å². The Balaban J connectivity index is 1.84. The summed E-state index contributed by atoms with van der Waals surface area (Å²) in [5.74, 6) is 0.545. The molecule has 1 aromatic rings. The Kier molecular flexibility index (Phi) is 4.22. The lowest BCUT2D eigenvalue weighted by Crippen LogP contribution is -2.32. The number of hydrogen-bond acceptors (Lipinski definition) is 2. The van der Waals surface area contributed by atoms with Crippen LogP contribution in [0.4, 0.5) is 0 Å². The van der Waals surface area contributed by atoms with Gasteiger partial charge in [-0.05, 0) is 37.1 Å². The summed E-state index contributed by atoms with van der Waals surface area (Å²) < 4.78 is 5.43. The van der Waals surface area contributed by atoms with E-state index in [1.165, 1.54) is 11.1 Å². The number of ether oxygens (including phenoxy) is 1. The number of hydrogen-bond donors (Lipinski definition) is 0. The molecule has 1 aliphatic carbocycles. The molecule has 0 bridgehead atoms. The van der Waals surface area contributed by atoms with Gasteiger partial charge in [0.15, 0.2) is 0 Å². The van der Waals surface area contributed by atoms with Crippen molar-refractivity contribution in [2.45, 2.75) is 25.7 Å². The van der Waals surface area contributed by atoms with Crippen LogP contribution in [0.3, 0.4) is 0 Å². The topological polar surface area (TPSA) is 12.5 Å². The Morgan fingerprint density at radius 1 is 1.15 bits per heavy atom. The summed E-state index contributed by atoms with van der Waals surface area (Å²) in [5.41, 5.74) is 4.50. The second-order valence-corrected chi connectivity index (χ2v) is 5.77. The van der Waals surface area contributed by atoms with Gasteiger partial charge in [0.1, 0.15) is 0 Å². The van der Waals surface area contributed by atoms with Crippen LogP contribution in [0, 0.1) is 0 Å². The lowest BCUT2D eigenvalue weighted by molar-refractivity contribution is 0.0588. The van der Waals surface area contributed by atoms with E-state index in [2.05, 4.69) is 54.4 Å². The van der Waals surface area contributed by atoms with Crippen molar-refractivity contribution < 1.29 is 4.74 Å². The third kappa shape index (κ3) is 3.13. The number of nitrogens with zero attached hydrogens (tertiary/aromatic N) is 1. The third-order valence-corrected chi connectivity index (χ3v) is 4.26. The van der Waals surface area contributed by atoms with Crippen molar-refractivity contribution in [3.05, 3.63) is 59.3 Å². The summed E-state index contributed by atoms with van der Waals surface area (Å²) >= 11 is 0. The molecule has 1 heterocycles. The SMILES string of the molecule is CC1=CC/C(=C\N2CCOCC2)C(c2ccccc2)C1. The summed E-state index contributed by atoms with van der Waals surface area (Å²) in [6, 6.07) is 10.9. The highest BCUT2D eigenvalue weighted by Crippen LogP contribution is 2.37. The Morgan fingerprint density at radius 3 is 2.65 bits per heavy atom. The highest BCUT2D eigenvalue weighted by molar-refractivity contribution is 5.35. The Hall–Kier alpha value is -1.54. The molecule has 2 nitrogen and oxygen atoms in total. The maximum Gasteiger partial charge on any atom is 0.0642 e. The third-order valence-electron chi connectivity index (χ3n) is 4.26. The highest BCUT2D eigenvalue weighted by Gasteiger charge is 2.21. The van der Waals surface area contributed by atoms with Crippen molar-refractivity contribution in [2.75, 3.05) is 26.3 Å². The fourth-order valence-electron chi connectivity index (χ4n) is 3.07. The van der Waals surface area contributed by atoms with E-state index < -0.39 is 0 Å². The van der Waals surface area contributed by atoms with Gasteiger partial charge in [-0.2, -0.15) is 0 Å². The molecule has 106 valence electrons. The molecule has 2 aliphatic rings. The van der Waals surface area contributed by atoms with Crippen LogP contribution in [-0.4, -0.2) is 31.2 Å². The van der Waals surface area contributed by atoms with Crippen LogP contribution in [-0.2, 0) is 4.74 Å². The van der Waals surface area contributed by atoms with E-state index in [4.69, 9.17) is 4.74 Å². The van der Waals surface area contributed by atoms with E-state index in [1.54, 1.807) is 5.57 Å².